The summed E-state index contributed by atoms with van der Waals surface area (Å²) in [6.45, 7) is 2.99. The maximum atomic E-state index is 4.72. The first-order chi connectivity index (χ1) is 8.37. The highest BCUT2D eigenvalue weighted by Gasteiger charge is 2.44. The van der Waals surface area contributed by atoms with Gasteiger partial charge in [-0.2, -0.15) is 0 Å². The fraction of sp³-hybridized carbons (Fsp3) is 0.533. The summed E-state index contributed by atoms with van der Waals surface area (Å²) < 4.78 is 0. The first-order valence-electron chi connectivity index (χ1n) is 6.78. The molecule has 1 aliphatic carbocycles. The molecule has 0 aromatic heterocycles. The first-order valence-corrected chi connectivity index (χ1v) is 6.78. The zero-order valence-corrected chi connectivity index (χ0v) is 10.5. The van der Waals surface area contributed by atoms with Crippen LogP contribution in [0, 0.1) is 0 Å². The molecule has 1 fully saturated rings. The highest BCUT2D eigenvalue weighted by atomic mass is 15.1. The molecule has 2 heteroatoms. The molecule has 1 heterocycles. The van der Waals surface area contributed by atoms with Crippen LogP contribution in [-0.2, 0) is 5.41 Å². The van der Waals surface area contributed by atoms with Crippen LogP contribution in [-0.4, -0.2) is 12.4 Å². The van der Waals surface area contributed by atoms with Crippen LogP contribution in [0.5, 0.6) is 0 Å². The van der Waals surface area contributed by atoms with Gasteiger partial charge in [0.2, 0.25) is 0 Å². The van der Waals surface area contributed by atoms with Crippen molar-refractivity contribution in [2.24, 2.45) is 4.99 Å². The van der Waals surface area contributed by atoms with Gasteiger partial charge in [0, 0.05) is 12.2 Å². The summed E-state index contributed by atoms with van der Waals surface area (Å²) in [7, 11) is 0. The smallest absolute Gasteiger partial charge is 0.111 e. The van der Waals surface area contributed by atoms with Crippen LogP contribution < -0.4 is 5.32 Å². The monoisotopic (exact) mass is 228 g/mol. The predicted molar refractivity (Wildman–Crippen MR) is 72.8 cm³/mol. The number of fused-ring (bicyclic) bond motifs is 2. The molecule has 1 aromatic carbocycles. The standard InChI is InChI=1S/C15H20N2/c1-2-16-14-15(10-6-3-7-11-15)12-8-4-5-9-13(12)17-14/h4-5,8-9H,2-3,6-7,10-11H2,1H3,(H,16,17). The van der Waals surface area contributed by atoms with E-state index in [1.165, 1.54) is 49.2 Å². The Morgan fingerprint density at radius 3 is 2.71 bits per heavy atom. The van der Waals surface area contributed by atoms with Crippen molar-refractivity contribution in [3.63, 3.8) is 0 Å². The third-order valence-corrected chi connectivity index (χ3v) is 4.17. The van der Waals surface area contributed by atoms with Gasteiger partial charge in [-0.25, -0.2) is 0 Å². The number of nitrogens with zero attached hydrogens (tertiary/aromatic N) is 1. The molecule has 1 N–H and O–H groups in total. The van der Waals surface area contributed by atoms with Crippen molar-refractivity contribution < 1.29 is 0 Å². The third kappa shape index (κ3) is 1.58. The summed E-state index contributed by atoms with van der Waals surface area (Å²) >= 11 is 0. The molecule has 90 valence electrons. The SMILES string of the molecule is CCN=C1Nc2ccccc2C12CCCCC2. The summed E-state index contributed by atoms with van der Waals surface area (Å²) in [5.74, 6) is 1.22. The second-order valence-corrected chi connectivity index (χ2v) is 5.14. The van der Waals surface area contributed by atoms with Gasteiger partial charge in [-0.15, -0.1) is 0 Å². The molecule has 1 saturated carbocycles. The number of amidine groups is 1. The Balaban J connectivity index is 2.10. The van der Waals surface area contributed by atoms with Gasteiger partial charge in [0.05, 0.1) is 5.41 Å². The molecule has 0 unspecified atom stereocenters. The molecule has 0 radical (unpaired) electrons. The van der Waals surface area contributed by atoms with E-state index in [1.54, 1.807) is 0 Å². The normalized spacial score (nSPS) is 23.7. The van der Waals surface area contributed by atoms with E-state index in [9.17, 15) is 0 Å². The minimum atomic E-state index is 0.213. The molecule has 1 aliphatic heterocycles. The van der Waals surface area contributed by atoms with E-state index >= 15 is 0 Å². The lowest BCUT2D eigenvalue weighted by molar-refractivity contribution is 0.385. The van der Waals surface area contributed by atoms with Crippen LogP contribution in [0.2, 0.25) is 0 Å². The fourth-order valence-electron chi connectivity index (χ4n) is 3.39. The molecule has 1 spiro atoms. The van der Waals surface area contributed by atoms with Crippen molar-refractivity contribution in [1.29, 1.82) is 0 Å². The summed E-state index contributed by atoms with van der Waals surface area (Å²) in [6.07, 6.45) is 6.56. The van der Waals surface area contributed by atoms with Crippen molar-refractivity contribution in [1.82, 2.24) is 0 Å². The summed E-state index contributed by atoms with van der Waals surface area (Å²) in [5, 5.41) is 3.55. The number of anilines is 1. The average Bonchev–Trinajstić information content (AvgIpc) is 2.66. The van der Waals surface area contributed by atoms with Gasteiger partial charge in [0.25, 0.3) is 0 Å². The fourth-order valence-corrected chi connectivity index (χ4v) is 3.39. The molecule has 0 saturated heterocycles. The van der Waals surface area contributed by atoms with Gasteiger partial charge in [-0.1, -0.05) is 37.5 Å². The summed E-state index contributed by atoms with van der Waals surface area (Å²) in [4.78, 5) is 4.72. The second kappa shape index (κ2) is 4.17. The van der Waals surface area contributed by atoms with Crippen molar-refractivity contribution in [3.8, 4) is 0 Å². The Labute approximate surface area is 103 Å². The maximum absolute atomic E-state index is 4.72. The Hall–Kier alpha value is -1.31. The Morgan fingerprint density at radius 2 is 1.94 bits per heavy atom. The third-order valence-electron chi connectivity index (χ3n) is 4.17. The number of hydrogen-bond acceptors (Lipinski definition) is 1. The van der Waals surface area contributed by atoms with E-state index in [0.29, 0.717) is 0 Å². The summed E-state index contributed by atoms with van der Waals surface area (Å²) in [6, 6.07) is 8.73. The Kier molecular flexibility index (Phi) is 2.65. The minimum absolute atomic E-state index is 0.213. The van der Waals surface area contributed by atoms with Crippen LogP contribution in [0.1, 0.15) is 44.6 Å². The zero-order chi connectivity index (χ0) is 11.7. The Bertz CT molecular complexity index is 442. The molecule has 1 aromatic rings. The van der Waals surface area contributed by atoms with Crippen molar-refractivity contribution in [2.75, 3.05) is 11.9 Å². The highest BCUT2D eigenvalue weighted by molar-refractivity contribution is 6.09. The van der Waals surface area contributed by atoms with Crippen LogP contribution in [0.4, 0.5) is 5.69 Å². The van der Waals surface area contributed by atoms with E-state index in [-0.39, 0.29) is 5.41 Å². The number of rotatable bonds is 1. The molecule has 0 amide bonds. The van der Waals surface area contributed by atoms with Crippen molar-refractivity contribution in [3.05, 3.63) is 29.8 Å². The highest BCUT2D eigenvalue weighted by Crippen LogP contribution is 2.47. The van der Waals surface area contributed by atoms with Crippen LogP contribution >= 0.6 is 0 Å². The number of nitrogens with one attached hydrogen (secondary N) is 1. The lowest BCUT2D eigenvalue weighted by atomic mass is 9.70. The number of para-hydroxylation sites is 1. The lowest BCUT2D eigenvalue weighted by Gasteiger charge is -2.33. The zero-order valence-electron chi connectivity index (χ0n) is 10.5. The van der Waals surface area contributed by atoms with Crippen LogP contribution in [0.15, 0.2) is 29.3 Å². The minimum Gasteiger partial charge on any atom is -0.343 e. The molecule has 0 bridgehead atoms. The second-order valence-electron chi connectivity index (χ2n) is 5.14. The molecule has 0 atom stereocenters. The lowest BCUT2D eigenvalue weighted by Crippen LogP contribution is -2.36. The molecular formula is C15H20N2. The molecular weight excluding hydrogens is 208 g/mol. The van der Waals surface area contributed by atoms with Gasteiger partial charge in [-0.3, -0.25) is 4.99 Å². The van der Waals surface area contributed by atoms with Crippen LogP contribution in [0.3, 0.4) is 0 Å². The predicted octanol–water partition coefficient (Wildman–Crippen LogP) is 3.73. The molecule has 17 heavy (non-hydrogen) atoms. The van der Waals surface area contributed by atoms with Gasteiger partial charge in [-0.05, 0) is 31.4 Å². The summed E-state index contributed by atoms with van der Waals surface area (Å²) in [5.41, 5.74) is 2.97. The topological polar surface area (TPSA) is 24.4 Å². The maximum Gasteiger partial charge on any atom is 0.111 e. The number of benzene rings is 1. The van der Waals surface area contributed by atoms with Crippen LogP contribution in [0.25, 0.3) is 0 Å². The van der Waals surface area contributed by atoms with E-state index in [2.05, 4.69) is 36.5 Å². The van der Waals surface area contributed by atoms with Gasteiger partial charge in [0.1, 0.15) is 5.84 Å². The molecule has 2 nitrogen and oxygen atoms in total. The first kappa shape index (κ1) is 10.8. The van der Waals surface area contributed by atoms with Gasteiger partial charge >= 0.3 is 0 Å². The Morgan fingerprint density at radius 1 is 1.18 bits per heavy atom. The average molecular weight is 228 g/mol. The van der Waals surface area contributed by atoms with Gasteiger partial charge < -0.3 is 5.32 Å². The quantitative estimate of drug-likeness (QED) is 0.778. The van der Waals surface area contributed by atoms with Crippen molar-refractivity contribution in [2.45, 2.75) is 44.4 Å². The van der Waals surface area contributed by atoms with E-state index in [0.717, 1.165) is 6.54 Å². The van der Waals surface area contributed by atoms with Gasteiger partial charge in [0.15, 0.2) is 0 Å². The van der Waals surface area contributed by atoms with E-state index in [1.807, 2.05) is 0 Å². The molecule has 2 aliphatic rings. The number of hydrogen-bond donors (Lipinski definition) is 1. The molecule has 3 rings (SSSR count). The van der Waals surface area contributed by atoms with E-state index in [4.69, 9.17) is 4.99 Å². The van der Waals surface area contributed by atoms with Crippen molar-refractivity contribution >= 4 is 11.5 Å². The number of aliphatic imine (C=N–C) groups is 1. The largest absolute Gasteiger partial charge is 0.343 e. The van der Waals surface area contributed by atoms with E-state index < -0.39 is 0 Å².